The van der Waals surface area contributed by atoms with E-state index in [-0.39, 0.29) is 5.97 Å². The first-order chi connectivity index (χ1) is 8.29. The first kappa shape index (κ1) is 12.3. The maximum atomic E-state index is 11.0. The van der Waals surface area contributed by atoms with Gasteiger partial charge in [0.2, 0.25) is 0 Å². The van der Waals surface area contributed by atoms with E-state index in [1.165, 1.54) is 12.0 Å². The third-order valence-corrected chi connectivity index (χ3v) is 4.13. The Kier molecular flexibility index (Phi) is 4.28. The van der Waals surface area contributed by atoms with Crippen molar-refractivity contribution in [2.45, 2.75) is 19.3 Å². The highest BCUT2D eigenvalue weighted by Crippen LogP contribution is 2.26. The van der Waals surface area contributed by atoms with Crippen LogP contribution < -0.4 is 0 Å². The van der Waals surface area contributed by atoms with Crippen molar-refractivity contribution in [2.24, 2.45) is 0 Å². The maximum Gasteiger partial charge on any atom is 0.305 e. The first-order valence-electron chi connectivity index (χ1n) is 5.34. The van der Waals surface area contributed by atoms with Crippen molar-refractivity contribution in [3.63, 3.8) is 0 Å². The summed E-state index contributed by atoms with van der Waals surface area (Å²) in [6.45, 7) is 0. The van der Waals surface area contributed by atoms with Crippen molar-refractivity contribution in [3.8, 4) is 10.6 Å². The summed E-state index contributed by atoms with van der Waals surface area (Å²) in [5.41, 5.74) is 1.04. The number of methoxy groups -OCH3 is 1. The van der Waals surface area contributed by atoms with Crippen molar-refractivity contribution in [3.05, 3.63) is 27.9 Å². The van der Waals surface area contributed by atoms with Crippen LogP contribution in [0.4, 0.5) is 0 Å². The Morgan fingerprint density at radius 1 is 1.47 bits per heavy atom. The lowest BCUT2D eigenvalue weighted by Gasteiger charge is -1.96. The normalized spacial score (nSPS) is 10.4. The number of hydrogen-bond acceptors (Lipinski definition) is 5. The number of thiophene rings is 1. The number of rotatable bonds is 5. The molecule has 0 aliphatic rings. The molecule has 0 aliphatic carbocycles. The van der Waals surface area contributed by atoms with Crippen molar-refractivity contribution in [1.29, 1.82) is 0 Å². The van der Waals surface area contributed by atoms with E-state index in [1.807, 2.05) is 11.4 Å². The lowest BCUT2D eigenvalue weighted by Crippen LogP contribution is -2.00. The zero-order valence-electron chi connectivity index (χ0n) is 9.51. The molecule has 0 aromatic carbocycles. The molecule has 3 nitrogen and oxygen atoms in total. The molecule has 0 radical (unpaired) electrons. The summed E-state index contributed by atoms with van der Waals surface area (Å²) >= 11 is 3.34. The van der Waals surface area contributed by atoms with E-state index in [2.05, 4.69) is 21.2 Å². The van der Waals surface area contributed by atoms with Gasteiger partial charge in [-0.05, 0) is 24.3 Å². The second-order valence-corrected chi connectivity index (χ2v) is 5.42. The topological polar surface area (TPSA) is 39.2 Å². The molecular weight excluding hydrogens is 254 g/mol. The van der Waals surface area contributed by atoms with Crippen LogP contribution in [0.2, 0.25) is 0 Å². The summed E-state index contributed by atoms with van der Waals surface area (Å²) in [5, 5.41) is 5.20. The van der Waals surface area contributed by atoms with Gasteiger partial charge in [0.15, 0.2) is 0 Å². The molecule has 0 bridgehead atoms. The van der Waals surface area contributed by atoms with Crippen LogP contribution in [-0.4, -0.2) is 18.1 Å². The summed E-state index contributed by atoms with van der Waals surface area (Å²) in [6.07, 6.45) is 2.10. The van der Waals surface area contributed by atoms with Crippen molar-refractivity contribution < 1.29 is 9.53 Å². The Bertz CT molecular complexity index is 476. The van der Waals surface area contributed by atoms with E-state index in [4.69, 9.17) is 0 Å². The number of thiazole rings is 1. The molecular formula is C12H13NO2S2. The third kappa shape index (κ3) is 3.38. The molecule has 0 amide bonds. The lowest BCUT2D eigenvalue weighted by atomic mass is 10.2. The van der Waals surface area contributed by atoms with Crippen molar-refractivity contribution in [1.82, 2.24) is 4.98 Å². The van der Waals surface area contributed by atoms with Gasteiger partial charge in [-0.3, -0.25) is 4.79 Å². The second-order valence-electron chi connectivity index (χ2n) is 3.53. The average Bonchev–Trinajstić information content (AvgIpc) is 2.98. The molecule has 5 heteroatoms. The van der Waals surface area contributed by atoms with Gasteiger partial charge in [0.25, 0.3) is 0 Å². The van der Waals surface area contributed by atoms with Gasteiger partial charge in [0.1, 0.15) is 0 Å². The van der Waals surface area contributed by atoms with Gasteiger partial charge in [-0.25, -0.2) is 4.98 Å². The fourth-order valence-corrected chi connectivity index (χ4v) is 3.05. The average molecular weight is 267 g/mol. The van der Waals surface area contributed by atoms with Gasteiger partial charge >= 0.3 is 5.97 Å². The summed E-state index contributed by atoms with van der Waals surface area (Å²) in [6, 6.07) is 4.09. The Morgan fingerprint density at radius 2 is 2.35 bits per heavy atom. The number of carbonyl (C=O) groups excluding carboxylic acids is 1. The molecule has 0 aliphatic heterocycles. The minimum Gasteiger partial charge on any atom is -0.469 e. The monoisotopic (exact) mass is 267 g/mol. The van der Waals surface area contributed by atoms with Crippen LogP contribution in [0.5, 0.6) is 0 Å². The fraction of sp³-hybridized carbons (Fsp3) is 0.333. The largest absolute Gasteiger partial charge is 0.469 e. The maximum absolute atomic E-state index is 11.0. The Labute approximate surface area is 108 Å². The number of esters is 1. The van der Waals surface area contributed by atoms with Crippen LogP contribution in [0.15, 0.2) is 22.9 Å². The quantitative estimate of drug-likeness (QED) is 0.780. The highest BCUT2D eigenvalue weighted by atomic mass is 32.1. The summed E-state index contributed by atoms with van der Waals surface area (Å²) < 4.78 is 4.60. The van der Waals surface area contributed by atoms with E-state index >= 15 is 0 Å². The summed E-state index contributed by atoms with van der Waals surface area (Å²) in [4.78, 5) is 16.7. The molecule has 90 valence electrons. The summed E-state index contributed by atoms with van der Waals surface area (Å²) in [5.74, 6) is -0.153. The van der Waals surface area contributed by atoms with Crippen LogP contribution in [-0.2, 0) is 16.0 Å². The Hall–Kier alpha value is -1.20. The Balaban J connectivity index is 1.89. The van der Waals surface area contributed by atoms with Crippen molar-refractivity contribution >= 4 is 28.6 Å². The molecule has 2 aromatic heterocycles. The molecule has 0 fully saturated rings. The summed E-state index contributed by atoms with van der Waals surface area (Å²) in [7, 11) is 1.42. The molecule has 0 spiro atoms. The highest BCUT2D eigenvalue weighted by molar-refractivity contribution is 7.14. The molecule has 17 heavy (non-hydrogen) atoms. The van der Waals surface area contributed by atoms with Crippen LogP contribution in [0, 0.1) is 0 Å². The van der Waals surface area contributed by atoms with E-state index < -0.39 is 0 Å². The first-order valence-corrected chi connectivity index (χ1v) is 7.10. The van der Waals surface area contributed by atoms with Gasteiger partial charge < -0.3 is 4.74 Å². The lowest BCUT2D eigenvalue weighted by molar-refractivity contribution is -0.140. The van der Waals surface area contributed by atoms with Crippen LogP contribution in [0.1, 0.15) is 17.8 Å². The molecule has 2 heterocycles. The van der Waals surface area contributed by atoms with E-state index in [1.54, 1.807) is 22.7 Å². The predicted octanol–water partition coefficient (Wildman–Crippen LogP) is 3.37. The van der Waals surface area contributed by atoms with Gasteiger partial charge in [0, 0.05) is 11.8 Å². The second kappa shape index (κ2) is 5.93. The zero-order chi connectivity index (χ0) is 12.1. The molecule has 0 saturated heterocycles. The fourth-order valence-electron chi connectivity index (χ4n) is 1.45. The number of hydrogen-bond donors (Lipinski definition) is 0. The number of aryl methyl sites for hydroxylation is 1. The SMILES string of the molecule is COC(=O)CCCc1nc(-c2cccs2)cs1. The molecule has 0 unspecified atom stereocenters. The van der Waals surface area contributed by atoms with Gasteiger partial charge in [0.05, 0.1) is 22.7 Å². The molecule has 2 aromatic rings. The van der Waals surface area contributed by atoms with Crippen LogP contribution in [0.25, 0.3) is 10.6 Å². The molecule has 2 rings (SSSR count). The minimum atomic E-state index is -0.153. The van der Waals surface area contributed by atoms with Crippen LogP contribution >= 0.6 is 22.7 Å². The van der Waals surface area contributed by atoms with Crippen molar-refractivity contribution in [2.75, 3.05) is 7.11 Å². The van der Waals surface area contributed by atoms with E-state index in [0.29, 0.717) is 6.42 Å². The molecule has 0 saturated carbocycles. The third-order valence-electron chi connectivity index (χ3n) is 2.32. The Morgan fingerprint density at radius 3 is 3.06 bits per heavy atom. The zero-order valence-corrected chi connectivity index (χ0v) is 11.1. The number of ether oxygens (including phenoxy) is 1. The van der Waals surface area contributed by atoms with Gasteiger partial charge in [-0.1, -0.05) is 6.07 Å². The van der Waals surface area contributed by atoms with E-state index in [0.717, 1.165) is 23.5 Å². The predicted molar refractivity (Wildman–Crippen MR) is 70.4 cm³/mol. The van der Waals surface area contributed by atoms with Crippen LogP contribution in [0.3, 0.4) is 0 Å². The highest BCUT2D eigenvalue weighted by Gasteiger charge is 2.06. The number of aromatic nitrogens is 1. The minimum absolute atomic E-state index is 0.153. The molecule has 0 N–H and O–H groups in total. The standard InChI is InChI=1S/C12H13NO2S2/c1-15-12(14)6-2-5-11-13-9(8-17-11)10-4-3-7-16-10/h3-4,7-8H,2,5-6H2,1H3. The van der Waals surface area contributed by atoms with Gasteiger partial charge in [-0.2, -0.15) is 0 Å². The molecule has 0 atom stereocenters. The number of carbonyl (C=O) groups is 1. The smallest absolute Gasteiger partial charge is 0.305 e. The van der Waals surface area contributed by atoms with E-state index in [9.17, 15) is 4.79 Å². The number of nitrogens with zero attached hydrogens (tertiary/aromatic N) is 1. The van der Waals surface area contributed by atoms with Gasteiger partial charge in [-0.15, -0.1) is 22.7 Å².